The fourth-order valence-electron chi connectivity index (χ4n) is 24.6. The lowest BCUT2D eigenvalue weighted by Gasteiger charge is -2.50. The number of hydrogen-bond donors (Lipinski definition) is 1. The van der Waals surface area contributed by atoms with E-state index in [4.69, 9.17) is 18.9 Å². The lowest BCUT2D eigenvalue weighted by atomic mass is 9.56. The van der Waals surface area contributed by atoms with Crippen LogP contribution in [0.25, 0.3) is 0 Å². The van der Waals surface area contributed by atoms with E-state index in [9.17, 15) is 19.5 Å². The number of aliphatic hydroxyl groups is 1. The molecule has 10 aliphatic carbocycles. The summed E-state index contributed by atoms with van der Waals surface area (Å²) in [5.74, 6) is 6.29. The highest BCUT2D eigenvalue weighted by Gasteiger charge is 2.86. The third kappa shape index (κ3) is 7.42. The third-order valence-corrected chi connectivity index (χ3v) is 28.5. The van der Waals surface area contributed by atoms with Gasteiger partial charge in [-0.1, -0.05) is 133 Å². The number of allylic oxidation sites excluding steroid dienone is 3. The van der Waals surface area contributed by atoms with E-state index in [0.29, 0.717) is 53.5 Å². The van der Waals surface area contributed by atoms with Gasteiger partial charge in [0, 0.05) is 42.2 Å². The second kappa shape index (κ2) is 18.8. The van der Waals surface area contributed by atoms with E-state index in [2.05, 4.69) is 71.3 Å². The molecule has 4 saturated heterocycles. The van der Waals surface area contributed by atoms with Crippen molar-refractivity contribution in [1.29, 1.82) is 0 Å². The number of carbonyl (C=O) groups excluding carboxylic acids is 3. The monoisotopic (exact) mass is 1120 g/mol. The summed E-state index contributed by atoms with van der Waals surface area (Å²) in [6.45, 7) is 21.6. The summed E-state index contributed by atoms with van der Waals surface area (Å²) in [5.41, 5.74) is 6.25. The second-order valence-electron chi connectivity index (χ2n) is 31.7. The number of carbonyl (C=O) groups is 3. The molecule has 0 aromatic heterocycles. The average molecular weight is 1120 g/mol. The molecule has 23 atom stereocenters. The van der Waals surface area contributed by atoms with Crippen molar-refractivity contribution >= 4 is 18.0 Å². The van der Waals surface area contributed by atoms with Gasteiger partial charge in [0.2, 0.25) is 0 Å². The van der Waals surface area contributed by atoms with Gasteiger partial charge in [-0.2, -0.15) is 0 Å². The Balaban J connectivity index is 0.000000140. The molecule has 14 aliphatic rings. The van der Waals surface area contributed by atoms with Crippen molar-refractivity contribution in [3.05, 3.63) is 95.1 Å². The molecule has 10 heteroatoms. The van der Waals surface area contributed by atoms with Crippen LogP contribution in [0, 0.1) is 91.7 Å². The van der Waals surface area contributed by atoms with Crippen molar-refractivity contribution in [2.45, 2.75) is 226 Å². The van der Waals surface area contributed by atoms with Gasteiger partial charge in [0.15, 0.2) is 5.78 Å². The number of rotatable bonds is 4. The number of aliphatic hydroxyl groups excluding tert-OH is 1. The van der Waals surface area contributed by atoms with Crippen molar-refractivity contribution < 1.29 is 38.4 Å². The van der Waals surface area contributed by atoms with Crippen molar-refractivity contribution in [1.82, 2.24) is 9.80 Å². The van der Waals surface area contributed by atoms with Gasteiger partial charge in [0.1, 0.15) is 13.2 Å². The first kappa shape index (κ1) is 54.6. The minimum atomic E-state index is -0.182. The maximum atomic E-state index is 13.6. The van der Waals surface area contributed by atoms with Crippen LogP contribution < -0.4 is 0 Å². The Labute approximate surface area is 489 Å². The maximum Gasteiger partial charge on any atom is 0.410 e. The van der Waals surface area contributed by atoms with Crippen molar-refractivity contribution in [2.24, 2.45) is 91.7 Å². The van der Waals surface area contributed by atoms with E-state index < -0.39 is 0 Å². The van der Waals surface area contributed by atoms with Gasteiger partial charge >= 0.3 is 12.2 Å². The lowest BCUT2D eigenvalue weighted by Crippen LogP contribution is -2.56. The van der Waals surface area contributed by atoms with Crippen LogP contribution >= 0.6 is 0 Å². The summed E-state index contributed by atoms with van der Waals surface area (Å²) in [5, 5.41) is 10.5. The molecule has 1 N–H and O–H groups in total. The van der Waals surface area contributed by atoms with E-state index in [0.717, 1.165) is 118 Å². The maximum absolute atomic E-state index is 13.6. The number of amides is 2. The van der Waals surface area contributed by atoms with Gasteiger partial charge in [-0.3, -0.25) is 4.79 Å². The molecule has 12 fully saturated rings. The normalized spacial score (nSPS) is 50.3. The Morgan fingerprint density at radius 1 is 0.610 bits per heavy atom. The summed E-state index contributed by atoms with van der Waals surface area (Å²) >= 11 is 0. The number of ether oxygens (including phenoxy) is 4. The van der Waals surface area contributed by atoms with Crippen molar-refractivity contribution in [3.63, 3.8) is 0 Å². The molecule has 442 valence electrons. The highest BCUT2D eigenvalue weighted by molar-refractivity contribution is 5.91. The predicted molar refractivity (Wildman–Crippen MR) is 315 cm³/mol. The van der Waals surface area contributed by atoms with Gasteiger partial charge in [-0.25, -0.2) is 9.59 Å². The predicted octanol–water partition coefficient (Wildman–Crippen LogP) is 14.5. The van der Waals surface area contributed by atoms with Gasteiger partial charge in [-0.05, 0) is 195 Å². The first-order valence-corrected chi connectivity index (χ1v) is 33.2. The Kier molecular flexibility index (Phi) is 12.5. The van der Waals surface area contributed by atoms with E-state index >= 15 is 0 Å². The topological polar surface area (TPSA) is 115 Å². The van der Waals surface area contributed by atoms with Crippen LogP contribution in [0.3, 0.4) is 0 Å². The third-order valence-electron chi connectivity index (χ3n) is 28.5. The molecule has 2 aromatic rings. The smallest absolute Gasteiger partial charge is 0.410 e. The average Bonchev–Trinajstić information content (AvgIpc) is 1.98. The highest BCUT2D eigenvalue weighted by Crippen LogP contribution is 2.89. The van der Waals surface area contributed by atoms with Gasteiger partial charge in [0.25, 0.3) is 0 Å². The summed E-state index contributed by atoms with van der Waals surface area (Å²) in [6, 6.07) is 20.2. The fourth-order valence-corrected chi connectivity index (χ4v) is 24.6. The number of hydrogen-bond acceptors (Lipinski definition) is 8. The van der Waals surface area contributed by atoms with E-state index in [-0.39, 0.29) is 81.4 Å². The summed E-state index contributed by atoms with van der Waals surface area (Å²) in [7, 11) is 0. The molecule has 10 nitrogen and oxygen atoms in total. The van der Waals surface area contributed by atoms with Crippen LogP contribution in [0.1, 0.15) is 182 Å². The molecule has 8 saturated carbocycles. The molecule has 0 bridgehead atoms. The molecule has 0 unspecified atom stereocenters. The molecule has 4 aliphatic heterocycles. The highest BCUT2D eigenvalue weighted by atomic mass is 16.6. The minimum Gasteiger partial charge on any atom is -0.445 e. The van der Waals surface area contributed by atoms with Crippen molar-refractivity contribution in [3.8, 4) is 0 Å². The van der Waals surface area contributed by atoms with Crippen LogP contribution in [0.5, 0.6) is 0 Å². The molecule has 4 spiro atoms. The second-order valence-corrected chi connectivity index (χ2v) is 31.7. The molecule has 2 aromatic carbocycles. The molecular weight excluding hydrogens is 1020 g/mol. The van der Waals surface area contributed by atoms with Crippen LogP contribution in [-0.4, -0.2) is 87.6 Å². The Morgan fingerprint density at radius 2 is 1.11 bits per heavy atom. The van der Waals surface area contributed by atoms with Gasteiger partial charge in [-0.15, -0.1) is 0 Å². The fraction of sp³-hybridized carbons (Fsp3) is 0.736. The standard InChI is InChI=1S/C36H49NO4.C36H47NO4/c2*1-22-16-30-31(37(19-22)32(39)40-20-24-8-6-5-7-9-24)23(2)36(41-30)15-13-28-27-11-10-25-17-26(38)12-14-33(25,3)29(27)18-35(28)21-34(35,36)4/h5-10,22-23,26-31,38H,11-21H2,1-4H3;5-9,17,22-23,27-31H,10-16,18-21H2,1-4H3/t22-,23+,26-,27-,28-,29-,30+,31-,33-,34+,35+,36+;22-,23+,27-,28-,29-,30+,31-,33-,34+,35+,36+/m00/s1. The van der Waals surface area contributed by atoms with Crippen LogP contribution in [0.2, 0.25) is 0 Å². The van der Waals surface area contributed by atoms with Gasteiger partial charge < -0.3 is 33.9 Å². The number of nitrogens with zero attached hydrogens (tertiary/aromatic N) is 2. The van der Waals surface area contributed by atoms with Crippen LogP contribution in [-0.2, 0) is 37.0 Å². The number of piperidine rings is 2. The first-order valence-electron chi connectivity index (χ1n) is 33.2. The Hall–Kier alpha value is -3.99. The van der Waals surface area contributed by atoms with Crippen LogP contribution in [0.4, 0.5) is 9.59 Å². The van der Waals surface area contributed by atoms with E-state index in [1.165, 1.54) is 56.9 Å². The molecule has 4 heterocycles. The molecule has 82 heavy (non-hydrogen) atoms. The quantitative estimate of drug-likeness (QED) is 0.301. The number of benzene rings is 2. The van der Waals surface area contributed by atoms with E-state index in [1.807, 2.05) is 66.7 Å². The molecular formula is C72H96N2O8. The SMILES string of the molecule is C[C@H]1C[C@H]2O[C@]3(CC[C@H]4[C@@H]5CC=C6C[C@@H](O)CC[C@]6(C)[C@H]5C[C@@]45C[C@]53C)[C@H](C)[C@@H]2N(C(=O)OCc2ccccc2)C1.C[C@H]1C[C@H]2O[C@]3(CC[C@H]4[C@@H]5CCC6=CC(=O)CC[C@]6(C)[C@H]5C[C@@]45C[C@]53C)[C@H](C)[C@@H]2N(C(=O)OCc2ccccc2)C1. The van der Waals surface area contributed by atoms with Crippen molar-refractivity contribution in [2.75, 3.05) is 13.1 Å². The summed E-state index contributed by atoms with van der Waals surface area (Å²) < 4.78 is 26.6. The zero-order chi connectivity index (χ0) is 56.7. The number of fused-ring (bicyclic) bond motifs is 12. The summed E-state index contributed by atoms with van der Waals surface area (Å²) in [6.07, 6.45) is 24.6. The minimum absolute atomic E-state index is 0.0839. The van der Waals surface area contributed by atoms with Crippen LogP contribution in [0.15, 0.2) is 84.0 Å². The largest absolute Gasteiger partial charge is 0.445 e. The summed E-state index contributed by atoms with van der Waals surface area (Å²) in [4.78, 5) is 43.7. The lowest BCUT2D eigenvalue weighted by molar-refractivity contribution is -0.148. The van der Waals surface area contributed by atoms with E-state index in [1.54, 1.807) is 5.57 Å². The molecule has 2 amide bonds. The first-order chi connectivity index (χ1) is 39.2. The molecule has 0 radical (unpaired) electrons. The Bertz CT molecular complexity index is 2960. The molecule has 16 rings (SSSR count). The van der Waals surface area contributed by atoms with Gasteiger partial charge in [0.05, 0.1) is 41.6 Å². The Morgan fingerprint density at radius 3 is 1.65 bits per heavy atom. The number of likely N-dealkylation sites (tertiary alicyclic amines) is 2. The zero-order valence-corrected chi connectivity index (χ0v) is 50.8. The number of ketones is 1. The zero-order valence-electron chi connectivity index (χ0n) is 50.8.